The van der Waals surface area contributed by atoms with Gasteiger partial charge in [0.05, 0.1) is 16.3 Å². The molecule has 3 heteroatoms. The van der Waals surface area contributed by atoms with Crippen LogP contribution in [0.4, 0.5) is 0 Å². The highest BCUT2D eigenvalue weighted by molar-refractivity contribution is 7.18. The lowest BCUT2D eigenvalue weighted by Gasteiger charge is -2.25. The second kappa shape index (κ2) is 6.02. The summed E-state index contributed by atoms with van der Waals surface area (Å²) in [6.45, 7) is 0. The first kappa shape index (κ1) is 13.1. The number of nitrogens with one attached hydrogen (secondary N) is 1. The predicted octanol–water partition coefficient (Wildman–Crippen LogP) is 4.53. The molecule has 0 amide bonds. The Morgan fingerprint density at radius 1 is 1.26 bits per heavy atom. The fraction of sp³-hybridized carbons (Fsp3) is 0.562. The third-order valence-corrected chi connectivity index (χ3v) is 5.40. The molecule has 1 fully saturated rings. The second-order valence-electron chi connectivity index (χ2n) is 5.60. The number of aromatic nitrogens is 1. The summed E-state index contributed by atoms with van der Waals surface area (Å²) in [6.07, 6.45) is 8.33. The van der Waals surface area contributed by atoms with Crippen molar-refractivity contribution < 1.29 is 0 Å². The largest absolute Gasteiger partial charge is 0.311 e. The molecular formula is C16H22N2S. The highest BCUT2D eigenvalue weighted by Gasteiger charge is 2.21. The zero-order valence-corrected chi connectivity index (χ0v) is 12.4. The van der Waals surface area contributed by atoms with Crippen molar-refractivity contribution in [1.82, 2.24) is 10.3 Å². The fourth-order valence-corrected chi connectivity index (χ4v) is 4.23. The normalized spacial score (nSPS) is 18.8. The predicted molar refractivity (Wildman–Crippen MR) is 82.6 cm³/mol. The first-order valence-electron chi connectivity index (χ1n) is 7.39. The lowest BCUT2D eigenvalue weighted by atomic mass is 9.85. The quantitative estimate of drug-likeness (QED) is 0.886. The van der Waals surface area contributed by atoms with Crippen LogP contribution >= 0.6 is 11.3 Å². The van der Waals surface area contributed by atoms with Crippen molar-refractivity contribution in [2.45, 2.75) is 44.6 Å². The van der Waals surface area contributed by atoms with E-state index in [9.17, 15) is 0 Å². The van der Waals surface area contributed by atoms with Gasteiger partial charge in [0.2, 0.25) is 0 Å². The van der Waals surface area contributed by atoms with E-state index in [1.54, 1.807) is 0 Å². The Hall–Kier alpha value is -0.930. The van der Waals surface area contributed by atoms with Crippen LogP contribution in [0.15, 0.2) is 24.3 Å². The second-order valence-corrected chi connectivity index (χ2v) is 6.66. The van der Waals surface area contributed by atoms with Gasteiger partial charge in [0.25, 0.3) is 0 Å². The monoisotopic (exact) mass is 274 g/mol. The van der Waals surface area contributed by atoms with Gasteiger partial charge in [0.15, 0.2) is 0 Å². The maximum absolute atomic E-state index is 4.81. The summed E-state index contributed by atoms with van der Waals surface area (Å²) < 4.78 is 1.31. The molecule has 19 heavy (non-hydrogen) atoms. The summed E-state index contributed by atoms with van der Waals surface area (Å²) in [5, 5.41) is 4.73. The van der Waals surface area contributed by atoms with Gasteiger partial charge in [-0.25, -0.2) is 4.98 Å². The molecule has 0 spiro atoms. The number of fused-ring (bicyclic) bond motifs is 1. The van der Waals surface area contributed by atoms with Crippen molar-refractivity contribution in [3.05, 3.63) is 29.3 Å². The molecule has 0 bridgehead atoms. The minimum absolute atomic E-state index is 0.431. The standard InChI is InChI=1S/C16H22N2S/c1-17-14(11-12-7-3-2-4-8-12)16-18-13-9-5-6-10-15(13)19-16/h5-6,9-10,12,14,17H,2-4,7-8,11H2,1H3. The molecule has 1 N–H and O–H groups in total. The fourth-order valence-electron chi connectivity index (χ4n) is 3.14. The SMILES string of the molecule is CNC(CC1CCCCC1)c1nc2ccccc2s1. The van der Waals surface area contributed by atoms with Crippen LogP contribution in [0.1, 0.15) is 49.6 Å². The van der Waals surface area contributed by atoms with Gasteiger partial charge in [-0.15, -0.1) is 11.3 Å². The van der Waals surface area contributed by atoms with Crippen molar-refractivity contribution in [3.8, 4) is 0 Å². The third-order valence-electron chi connectivity index (χ3n) is 4.25. The number of hydrogen-bond donors (Lipinski definition) is 1. The number of hydrogen-bond acceptors (Lipinski definition) is 3. The zero-order chi connectivity index (χ0) is 13.1. The van der Waals surface area contributed by atoms with Crippen LogP contribution in [0.2, 0.25) is 0 Å². The molecule has 2 aromatic rings. The van der Waals surface area contributed by atoms with Crippen LogP contribution in [-0.2, 0) is 0 Å². The summed E-state index contributed by atoms with van der Waals surface area (Å²) in [6, 6.07) is 8.88. The van der Waals surface area contributed by atoms with Crippen molar-refractivity contribution in [2.75, 3.05) is 7.05 Å². The van der Waals surface area contributed by atoms with E-state index in [-0.39, 0.29) is 0 Å². The van der Waals surface area contributed by atoms with E-state index in [1.165, 1.54) is 48.2 Å². The molecule has 1 aliphatic rings. The van der Waals surface area contributed by atoms with Crippen LogP contribution in [0.3, 0.4) is 0 Å². The van der Waals surface area contributed by atoms with Gasteiger partial charge in [0, 0.05) is 0 Å². The maximum atomic E-state index is 4.81. The summed E-state index contributed by atoms with van der Waals surface area (Å²) in [4.78, 5) is 4.81. The molecule has 1 aromatic carbocycles. The summed E-state index contributed by atoms with van der Waals surface area (Å²) >= 11 is 1.84. The molecule has 1 unspecified atom stereocenters. The van der Waals surface area contributed by atoms with Gasteiger partial charge in [-0.3, -0.25) is 0 Å². The Balaban J connectivity index is 1.76. The molecular weight excluding hydrogens is 252 g/mol. The van der Waals surface area contributed by atoms with Gasteiger partial charge in [-0.2, -0.15) is 0 Å². The average Bonchev–Trinajstić information content (AvgIpc) is 2.89. The molecule has 1 saturated carbocycles. The molecule has 0 saturated heterocycles. The third kappa shape index (κ3) is 2.98. The Kier molecular flexibility index (Phi) is 4.14. The van der Waals surface area contributed by atoms with Crippen molar-refractivity contribution >= 4 is 21.6 Å². The van der Waals surface area contributed by atoms with Gasteiger partial charge < -0.3 is 5.32 Å². The molecule has 1 aromatic heterocycles. The van der Waals surface area contributed by atoms with Crippen molar-refractivity contribution in [1.29, 1.82) is 0 Å². The Morgan fingerprint density at radius 3 is 2.79 bits per heavy atom. The molecule has 1 atom stereocenters. The number of rotatable bonds is 4. The Bertz CT molecular complexity index is 495. The van der Waals surface area contributed by atoms with E-state index in [2.05, 4.69) is 36.6 Å². The maximum Gasteiger partial charge on any atom is 0.111 e. The van der Waals surface area contributed by atoms with Crippen LogP contribution < -0.4 is 5.32 Å². The summed E-state index contributed by atoms with van der Waals surface area (Å²) in [5.41, 5.74) is 1.14. The molecule has 3 rings (SSSR count). The summed E-state index contributed by atoms with van der Waals surface area (Å²) in [5.74, 6) is 0.887. The molecule has 1 heterocycles. The van der Waals surface area contributed by atoms with Crippen LogP contribution in [0.25, 0.3) is 10.2 Å². The molecule has 0 radical (unpaired) electrons. The smallest absolute Gasteiger partial charge is 0.111 e. The van der Waals surface area contributed by atoms with Gasteiger partial charge >= 0.3 is 0 Å². The molecule has 1 aliphatic carbocycles. The van der Waals surface area contributed by atoms with Crippen LogP contribution in [0.5, 0.6) is 0 Å². The average molecular weight is 274 g/mol. The first-order chi connectivity index (χ1) is 9.36. The Morgan fingerprint density at radius 2 is 2.05 bits per heavy atom. The van der Waals surface area contributed by atoms with E-state index in [0.29, 0.717) is 6.04 Å². The van der Waals surface area contributed by atoms with E-state index >= 15 is 0 Å². The number of benzene rings is 1. The zero-order valence-electron chi connectivity index (χ0n) is 11.6. The van der Waals surface area contributed by atoms with Crippen LogP contribution in [-0.4, -0.2) is 12.0 Å². The first-order valence-corrected chi connectivity index (χ1v) is 8.21. The van der Waals surface area contributed by atoms with Crippen molar-refractivity contribution in [2.24, 2.45) is 5.92 Å². The van der Waals surface area contributed by atoms with E-state index in [1.807, 2.05) is 11.3 Å². The molecule has 102 valence electrons. The topological polar surface area (TPSA) is 24.9 Å². The van der Waals surface area contributed by atoms with Gasteiger partial charge in [-0.1, -0.05) is 44.2 Å². The van der Waals surface area contributed by atoms with E-state index in [0.717, 1.165) is 11.4 Å². The molecule has 2 nitrogen and oxygen atoms in total. The minimum atomic E-state index is 0.431. The minimum Gasteiger partial charge on any atom is -0.311 e. The number of nitrogens with zero attached hydrogens (tertiary/aromatic N) is 1. The lowest BCUT2D eigenvalue weighted by Crippen LogP contribution is -2.21. The summed E-state index contributed by atoms with van der Waals surface area (Å²) in [7, 11) is 2.07. The Labute approximate surface area is 119 Å². The van der Waals surface area contributed by atoms with E-state index in [4.69, 9.17) is 4.98 Å². The lowest BCUT2D eigenvalue weighted by molar-refractivity contribution is 0.305. The molecule has 0 aliphatic heterocycles. The van der Waals surface area contributed by atoms with Crippen LogP contribution in [0, 0.1) is 5.92 Å². The van der Waals surface area contributed by atoms with Gasteiger partial charge in [-0.05, 0) is 31.5 Å². The van der Waals surface area contributed by atoms with Crippen molar-refractivity contribution in [3.63, 3.8) is 0 Å². The highest BCUT2D eigenvalue weighted by atomic mass is 32.1. The number of para-hydroxylation sites is 1. The van der Waals surface area contributed by atoms with E-state index < -0.39 is 0 Å². The highest BCUT2D eigenvalue weighted by Crippen LogP contribution is 2.34. The number of thiazole rings is 1. The van der Waals surface area contributed by atoms with Gasteiger partial charge in [0.1, 0.15) is 5.01 Å².